The molecule has 0 spiro atoms. The second kappa shape index (κ2) is 8.90. The molecule has 0 saturated heterocycles. The Morgan fingerprint density at radius 1 is 0.852 bits per heavy atom. The number of aromatic carboxylic acids is 1. The van der Waals surface area contributed by atoms with E-state index in [4.69, 9.17) is 4.74 Å². The standard InChI is InChI=1S/C23H22O4/c24-20-14-13-19(22(15-20)27-16-17-7-2-1-3-8-17)11-6-10-18-9-4-5-12-21(18)23(25)26/h1-5,7-9,12-15,24H,6,10-11,16H2,(H,25,26). The SMILES string of the molecule is O=C(O)c1ccccc1CCCc1ccc(O)cc1OCc1ccccc1. The molecule has 0 saturated carbocycles. The minimum atomic E-state index is -0.901. The van der Waals surface area contributed by atoms with Crippen molar-refractivity contribution in [2.45, 2.75) is 25.9 Å². The molecule has 0 heterocycles. The van der Waals surface area contributed by atoms with Crippen LogP contribution in [0.15, 0.2) is 72.8 Å². The van der Waals surface area contributed by atoms with Crippen LogP contribution < -0.4 is 4.74 Å². The van der Waals surface area contributed by atoms with Gasteiger partial charge in [0.1, 0.15) is 18.1 Å². The third-order valence-corrected chi connectivity index (χ3v) is 4.43. The fraction of sp³-hybridized carbons (Fsp3) is 0.174. The van der Waals surface area contributed by atoms with Gasteiger partial charge in [0.15, 0.2) is 0 Å². The van der Waals surface area contributed by atoms with Gasteiger partial charge in [0, 0.05) is 6.07 Å². The summed E-state index contributed by atoms with van der Waals surface area (Å²) in [5, 5.41) is 19.1. The number of carboxylic acids is 1. The number of rotatable bonds is 8. The monoisotopic (exact) mass is 362 g/mol. The van der Waals surface area contributed by atoms with Crippen LogP contribution in [0.3, 0.4) is 0 Å². The number of phenols is 1. The first-order valence-corrected chi connectivity index (χ1v) is 8.93. The van der Waals surface area contributed by atoms with Crippen LogP contribution in [0.2, 0.25) is 0 Å². The molecule has 27 heavy (non-hydrogen) atoms. The molecule has 0 aliphatic carbocycles. The van der Waals surface area contributed by atoms with Gasteiger partial charge in [-0.1, -0.05) is 54.6 Å². The topological polar surface area (TPSA) is 66.8 Å². The predicted molar refractivity (Wildman–Crippen MR) is 104 cm³/mol. The molecule has 0 fully saturated rings. The van der Waals surface area contributed by atoms with Crippen LogP contribution in [-0.4, -0.2) is 16.2 Å². The van der Waals surface area contributed by atoms with Gasteiger partial charge in [-0.25, -0.2) is 4.79 Å². The number of aryl methyl sites for hydroxylation is 2. The lowest BCUT2D eigenvalue weighted by molar-refractivity contribution is 0.0695. The van der Waals surface area contributed by atoms with E-state index in [2.05, 4.69) is 0 Å². The van der Waals surface area contributed by atoms with Crippen molar-refractivity contribution in [2.24, 2.45) is 0 Å². The lowest BCUT2D eigenvalue weighted by atomic mass is 9.99. The van der Waals surface area contributed by atoms with Crippen molar-refractivity contribution in [2.75, 3.05) is 0 Å². The molecule has 0 unspecified atom stereocenters. The van der Waals surface area contributed by atoms with E-state index in [1.54, 1.807) is 24.3 Å². The number of carboxylic acid groups (broad SMARTS) is 1. The molecule has 0 aliphatic heterocycles. The number of hydrogen-bond acceptors (Lipinski definition) is 3. The summed E-state index contributed by atoms with van der Waals surface area (Å²) in [4.78, 5) is 11.3. The highest BCUT2D eigenvalue weighted by Gasteiger charge is 2.10. The van der Waals surface area contributed by atoms with Gasteiger partial charge in [-0.15, -0.1) is 0 Å². The van der Waals surface area contributed by atoms with E-state index < -0.39 is 5.97 Å². The quantitative estimate of drug-likeness (QED) is 0.601. The molecular formula is C23H22O4. The molecule has 0 bridgehead atoms. The van der Waals surface area contributed by atoms with E-state index in [1.807, 2.05) is 48.5 Å². The minimum absolute atomic E-state index is 0.165. The normalized spacial score (nSPS) is 10.5. The average Bonchev–Trinajstić information content (AvgIpc) is 2.69. The summed E-state index contributed by atoms with van der Waals surface area (Å²) in [6, 6.07) is 22.1. The van der Waals surface area contributed by atoms with Gasteiger partial charge < -0.3 is 14.9 Å². The van der Waals surface area contributed by atoms with Gasteiger partial charge in [0.05, 0.1) is 5.56 Å². The van der Waals surface area contributed by atoms with Crippen molar-refractivity contribution in [1.29, 1.82) is 0 Å². The maximum Gasteiger partial charge on any atom is 0.335 e. The third-order valence-electron chi connectivity index (χ3n) is 4.43. The minimum Gasteiger partial charge on any atom is -0.508 e. The van der Waals surface area contributed by atoms with E-state index in [-0.39, 0.29) is 5.75 Å². The van der Waals surface area contributed by atoms with Crippen molar-refractivity contribution < 1.29 is 19.7 Å². The number of aromatic hydroxyl groups is 1. The van der Waals surface area contributed by atoms with E-state index in [0.717, 1.165) is 29.5 Å². The summed E-state index contributed by atoms with van der Waals surface area (Å²) in [7, 11) is 0. The molecule has 3 rings (SSSR count). The Morgan fingerprint density at radius 2 is 1.56 bits per heavy atom. The number of benzene rings is 3. The second-order valence-corrected chi connectivity index (χ2v) is 6.38. The molecule has 3 aromatic rings. The first kappa shape index (κ1) is 18.5. The number of hydrogen-bond donors (Lipinski definition) is 2. The average molecular weight is 362 g/mol. The van der Waals surface area contributed by atoms with E-state index in [1.165, 1.54) is 0 Å². The van der Waals surface area contributed by atoms with Crippen LogP contribution in [0.1, 0.15) is 33.5 Å². The van der Waals surface area contributed by atoms with Crippen molar-refractivity contribution in [3.05, 3.63) is 95.1 Å². The second-order valence-electron chi connectivity index (χ2n) is 6.38. The summed E-state index contributed by atoms with van der Waals surface area (Å²) in [6.07, 6.45) is 2.19. The van der Waals surface area contributed by atoms with E-state index >= 15 is 0 Å². The summed E-state index contributed by atoms with van der Waals surface area (Å²) in [6.45, 7) is 0.430. The zero-order valence-corrected chi connectivity index (χ0v) is 15.0. The van der Waals surface area contributed by atoms with Gasteiger partial charge in [-0.05, 0) is 48.1 Å². The van der Waals surface area contributed by atoms with Crippen LogP contribution in [-0.2, 0) is 19.4 Å². The van der Waals surface area contributed by atoms with Gasteiger partial charge >= 0.3 is 5.97 Å². The maximum absolute atomic E-state index is 11.3. The van der Waals surface area contributed by atoms with Crippen LogP contribution in [0.5, 0.6) is 11.5 Å². The predicted octanol–water partition coefficient (Wildman–Crippen LogP) is 4.84. The van der Waals surface area contributed by atoms with Crippen molar-refractivity contribution >= 4 is 5.97 Å². The van der Waals surface area contributed by atoms with Crippen LogP contribution >= 0.6 is 0 Å². The Balaban J connectivity index is 1.66. The van der Waals surface area contributed by atoms with Crippen LogP contribution in [0.25, 0.3) is 0 Å². The summed E-state index contributed by atoms with van der Waals surface area (Å²) >= 11 is 0. The first-order valence-electron chi connectivity index (χ1n) is 8.93. The van der Waals surface area contributed by atoms with Crippen molar-refractivity contribution in [3.63, 3.8) is 0 Å². The molecule has 4 heteroatoms. The Bertz CT molecular complexity index is 903. The maximum atomic E-state index is 11.3. The Morgan fingerprint density at radius 3 is 2.33 bits per heavy atom. The number of phenolic OH excluding ortho intramolecular Hbond substituents is 1. The summed E-state index contributed by atoms with van der Waals surface area (Å²) in [5.74, 6) is -0.0782. The first-order chi connectivity index (χ1) is 13.1. The van der Waals surface area contributed by atoms with Gasteiger partial charge in [-0.2, -0.15) is 0 Å². The molecule has 0 atom stereocenters. The zero-order valence-electron chi connectivity index (χ0n) is 15.0. The molecule has 2 N–H and O–H groups in total. The molecule has 0 amide bonds. The zero-order chi connectivity index (χ0) is 19.1. The lowest BCUT2D eigenvalue weighted by Crippen LogP contribution is -2.03. The molecule has 3 aromatic carbocycles. The fourth-order valence-electron chi connectivity index (χ4n) is 3.04. The molecule has 0 aliphatic rings. The fourth-order valence-corrected chi connectivity index (χ4v) is 3.04. The molecule has 138 valence electrons. The van der Waals surface area contributed by atoms with Crippen molar-refractivity contribution in [1.82, 2.24) is 0 Å². The smallest absolute Gasteiger partial charge is 0.335 e. The third kappa shape index (κ3) is 5.11. The summed E-state index contributed by atoms with van der Waals surface area (Å²) < 4.78 is 5.91. The Kier molecular flexibility index (Phi) is 6.10. The van der Waals surface area contributed by atoms with Crippen molar-refractivity contribution in [3.8, 4) is 11.5 Å². The van der Waals surface area contributed by atoms with Gasteiger partial charge in [0.2, 0.25) is 0 Å². The highest BCUT2D eigenvalue weighted by molar-refractivity contribution is 5.89. The molecular weight excluding hydrogens is 340 g/mol. The van der Waals surface area contributed by atoms with Crippen LogP contribution in [0, 0.1) is 0 Å². The number of carbonyl (C=O) groups is 1. The highest BCUT2D eigenvalue weighted by atomic mass is 16.5. The summed E-state index contributed by atoms with van der Waals surface area (Å²) in [5.41, 5.74) is 3.23. The van der Waals surface area contributed by atoms with Gasteiger partial charge in [0.25, 0.3) is 0 Å². The Hall–Kier alpha value is -3.27. The number of ether oxygens (including phenoxy) is 1. The van der Waals surface area contributed by atoms with E-state index in [0.29, 0.717) is 24.3 Å². The van der Waals surface area contributed by atoms with Crippen LogP contribution in [0.4, 0.5) is 0 Å². The molecule has 0 aromatic heterocycles. The van der Waals surface area contributed by atoms with Gasteiger partial charge in [-0.3, -0.25) is 0 Å². The molecule has 0 radical (unpaired) electrons. The highest BCUT2D eigenvalue weighted by Crippen LogP contribution is 2.27. The van der Waals surface area contributed by atoms with E-state index in [9.17, 15) is 15.0 Å². The Labute approximate surface area is 158 Å². The lowest BCUT2D eigenvalue weighted by Gasteiger charge is -2.13. The molecule has 4 nitrogen and oxygen atoms in total. The largest absolute Gasteiger partial charge is 0.508 e.